The van der Waals surface area contributed by atoms with E-state index in [1.54, 1.807) is 5.56 Å². The monoisotopic (exact) mass is 235 g/mol. The van der Waals surface area contributed by atoms with Gasteiger partial charge in [0.1, 0.15) is 0 Å². The summed E-state index contributed by atoms with van der Waals surface area (Å²) in [6.45, 7) is 10.1. The van der Waals surface area contributed by atoms with Gasteiger partial charge in [0.2, 0.25) is 0 Å². The number of benzene rings is 1. The fraction of sp³-hybridized carbons (Fsp3) is 0.571. The Morgan fingerprint density at radius 1 is 1.25 bits per heavy atom. The van der Waals surface area contributed by atoms with Gasteiger partial charge in [-0.15, -0.1) is 11.8 Å². The molecule has 88 valence electrons. The summed E-state index contributed by atoms with van der Waals surface area (Å²) in [5.41, 5.74) is 4.41. The first-order valence-corrected chi connectivity index (χ1v) is 7.03. The lowest BCUT2D eigenvalue weighted by atomic mass is 9.97. The van der Waals surface area contributed by atoms with Crippen LogP contribution in [0.1, 0.15) is 43.0 Å². The molecule has 1 heterocycles. The second-order valence-electron chi connectivity index (χ2n) is 4.70. The number of fused-ring (bicyclic) bond motifs is 1. The Hall–Kier alpha value is -0.470. The van der Waals surface area contributed by atoms with Gasteiger partial charge >= 0.3 is 0 Å². The summed E-state index contributed by atoms with van der Waals surface area (Å²) >= 11 is 2.03. The maximum Gasteiger partial charge on any atom is 0.0455 e. The van der Waals surface area contributed by atoms with Crippen molar-refractivity contribution in [2.75, 3.05) is 6.54 Å². The maximum absolute atomic E-state index is 3.68. The van der Waals surface area contributed by atoms with Gasteiger partial charge in [0.15, 0.2) is 0 Å². The van der Waals surface area contributed by atoms with E-state index >= 15 is 0 Å². The largest absolute Gasteiger partial charge is 0.309 e. The van der Waals surface area contributed by atoms with E-state index in [1.165, 1.54) is 22.4 Å². The number of nitrogens with one attached hydrogen (secondary N) is 1. The number of aryl methyl sites for hydroxylation is 2. The maximum atomic E-state index is 3.68. The number of thioether (sulfide) groups is 1. The highest BCUT2D eigenvalue weighted by Gasteiger charge is 2.31. The van der Waals surface area contributed by atoms with Crippen molar-refractivity contribution >= 4 is 11.8 Å². The average molecular weight is 235 g/mol. The average Bonchev–Trinajstić information content (AvgIpc) is 2.59. The van der Waals surface area contributed by atoms with Crippen LogP contribution in [0.5, 0.6) is 0 Å². The van der Waals surface area contributed by atoms with Crippen LogP contribution in [-0.2, 0) is 0 Å². The quantitative estimate of drug-likeness (QED) is 0.854. The van der Waals surface area contributed by atoms with Crippen molar-refractivity contribution in [2.24, 2.45) is 0 Å². The molecule has 1 aromatic carbocycles. The molecule has 1 aromatic rings. The van der Waals surface area contributed by atoms with Crippen molar-refractivity contribution in [2.45, 2.75) is 50.3 Å². The molecule has 16 heavy (non-hydrogen) atoms. The number of hydrogen-bond donors (Lipinski definition) is 1. The lowest BCUT2D eigenvalue weighted by Crippen LogP contribution is -2.26. The van der Waals surface area contributed by atoms with E-state index in [4.69, 9.17) is 0 Å². The van der Waals surface area contributed by atoms with Gasteiger partial charge in [0.25, 0.3) is 0 Å². The molecule has 0 fully saturated rings. The molecule has 0 radical (unpaired) electrons. The highest BCUT2D eigenvalue weighted by molar-refractivity contribution is 8.00. The van der Waals surface area contributed by atoms with Crippen LogP contribution in [-0.4, -0.2) is 11.8 Å². The summed E-state index contributed by atoms with van der Waals surface area (Å²) in [5, 5.41) is 4.34. The molecule has 1 aliphatic heterocycles. The lowest BCUT2D eigenvalue weighted by Gasteiger charge is -2.19. The normalized spacial score (nSPS) is 23.5. The highest BCUT2D eigenvalue weighted by Crippen LogP contribution is 2.46. The van der Waals surface area contributed by atoms with Gasteiger partial charge in [0, 0.05) is 16.2 Å². The Balaban J connectivity index is 2.35. The molecule has 0 spiro atoms. The molecule has 1 aliphatic rings. The van der Waals surface area contributed by atoms with Crippen LogP contribution < -0.4 is 5.32 Å². The minimum Gasteiger partial charge on any atom is -0.309 e. The fourth-order valence-corrected chi connectivity index (χ4v) is 3.82. The molecule has 0 amide bonds. The van der Waals surface area contributed by atoms with Crippen LogP contribution >= 0.6 is 11.8 Å². The summed E-state index contributed by atoms with van der Waals surface area (Å²) in [6, 6.07) is 5.04. The Labute approximate surface area is 103 Å². The van der Waals surface area contributed by atoms with Gasteiger partial charge in [-0.3, -0.25) is 0 Å². The van der Waals surface area contributed by atoms with Crippen molar-refractivity contribution in [1.29, 1.82) is 0 Å². The molecule has 0 aromatic heterocycles. The Kier molecular flexibility index (Phi) is 3.60. The summed E-state index contributed by atoms with van der Waals surface area (Å²) in [7, 11) is 0. The Bertz CT molecular complexity index is 387. The summed E-state index contributed by atoms with van der Waals surface area (Å²) in [5.74, 6) is 0. The third-order valence-corrected chi connectivity index (χ3v) is 4.73. The zero-order valence-corrected chi connectivity index (χ0v) is 11.4. The lowest BCUT2D eigenvalue weighted by molar-refractivity contribution is 0.530. The minimum absolute atomic E-state index is 0.542. The van der Waals surface area contributed by atoms with Crippen LogP contribution in [0.15, 0.2) is 17.0 Å². The van der Waals surface area contributed by atoms with E-state index in [-0.39, 0.29) is 0 Å². The van der Waals surface area contributed by atoms with Gasteiger partial charge in [-0.25, -0.2) is 0 Å². The minimum atomic E-state index is 0.542. The second kappa shape index (κ2) is 4.80. The zero-order chi connectivity index (χ0) is 11.7. The smallest absolute Gasteiger partial charge is 0.0455 e. The molecule has 0 bridgehead atoms. The van der Waals surface area contributed by atoms with Crippen LogP contribution in [0.2, 0.25) is 0 Å². The molecule has 1 nitrogen and oxygen atoms in total. The third-order valence-electron chi connectivity index (χ3n) is 3.31. The van der Waals surface area contributed by atoms with E-state index < -0.39 is 0 Å². The topological polar surface area (TPSA) is 12.0 Å². The van der Waals surface area contributed by atoms with E-state index in [1.807, 2.05) is 11.8 Å². The zero-order valence-electron chi connectivity index (χ0n) is 10.6. The summed E-state index contributed by atoms with van der Waals surface area (Å²) in [4.78, 5) is 1.51. The van der Waals surface area contributed by atoms with Crippen molar-refractivity contribution in [3.63, 3.8) is 0 Å². The SMILES string of the molecule is CCCNC1c2c(C)ccc(C)c2SC1C. The van der Waals surface area contributed by atoms with Crippen LogP contribution in [0.25, 0.3) is 0 Å². The standard InChI is InChI=1S/C14H21NS/c1-5-8-15-13-11(4)16-14-10(3)7-6-9(2)12(13)14/h6-7,11,13,15H,5,8H2,1-4H3. The predicted octanol–water partition coefficient (Wildman–Crippen LogP) is 3.84. The van der Waals surface area contributed by atoms with E-state index in [2.05, 4.69) is 45.1 Å². The third kappa shape index (κ3) is 2.01. The van der Waals surface area contributed by atoms with Crippen LogP contribution in [0.3, 0.4) is 0 Å². The Morgan fingerprint density at radius 3 is 2.62 bits per heavy atom. The van der Waals surface area contributed by atoms with Gasteiger partial charge in [0.05, 0.1) is 0 Å². The van der Waals surface area contributed by atoms with Gasteiger partial charge in [-0.1, -0.05) is 26.0 Å². The first-order chi connectivity index (χ1) is 7.65. The van der Waals surface area contributed by atoms with Crippen molar-refractivity contribution in [1.82, 2.24) is 5.32 Å². The first-order valence-electron chi connectivity index (χ1n) is 6.15. The first kappa shape index (κ1) is 12.0. The predicted molar refractivity (Wildman–Crippen MR) is 72.3 cm³/mol. The van der Waals surface area contributed by atoms with E-state index in [9.17, 15) is 0 Å². The molecular formula is C14H21NS. The molecular weight excluding hydrogens is 214 g/mol. The molecule has 2 rings (SSSR count). The van der Waals surface area contributed by atoms with Gasteiger partial charge < -0.3 is 5.32 Å². The van der Waals surface area contributed by atoms with E-state index in [0.29, 0.717) is 11.3 Å². The van der Waals surface area contributed by atoms with Crippen molar-refractivity contribution in [3.05, 3.63) is 28.8 Å². The number of hydrogen-bond acceptors (Lipinski definition) is 2. The van der Waals surface area contributed by atoms with Crippen LogP contribution in [0, 0.1) is 13.8 Å². The van der Waals surface area contributed by atoms with Gasteiger partial charge in [-0.2, -0.15) is 0 Å². The molecule has 0 saturated carbocycles. The Morgan fingerprint density at radius 2 is 1.94 bits per heavy atom. The van der Waals surface area contributed by atoms with E-state index in [0.717, 1.165) is 6.54 Å². The molecule has 0 saturated heterocycles. The molecule has 0 aliphatic carbocycles. The summed E-state index contributed by atoms with van der Waals surface area (Å²) in [6.07, 6.45) is 1.20. The summed E-state index contributed by atoms with van der Waals surface area (Å²) < 4.78 is 0. The molecule has 2 unspecified atom stereocenters. The highest BCUT2D eigenvalue weighted by atomic mass is 32.2. The van der Waals surface area contributed by atoms with Crippen molar-refractivity contribution in [3.8, 4) is 0 Å². The molecule has 2 atom stereocenters. The molecule has 1 N–H and O–H groups in total. The molecule has 2 heteroatoms. The fourth-order valence-electron chi connectivity index (χ4n) is 2.41. The van der Waals surface area contributed by atoms with Crippen LogP contribution in [0.4, 0.5) is 0 Å². The number of rotatable bonds is 3. The second-order valence-corrected chi connectivity index (χ2v) is 6.08. The van der Waals surface area contributed by atoms with Crippen molar-refractivity contribution < 1.29 is 0 Å². The van der Waals surface area contributed by atoms with Gasteiger partial charge in [-0.05, 0) is 43.5 Å².